The van der Waals surface area contributed by atoms with E-state index in [0.29, 0.717) is 30.6 Å². The van der Waals surface area contributed by atoms with Gasteiger partial charge in [0, 0.05) is 31.9 Å². The van der Waals surface area contributed by atoms with Crippen LogP contribution in [0.25, 0.3) is 0 Å². The molecule has 0 N–H and O–H groups in total. The van der Waals surface area contributed by atoms with E-state index in [1.807, 2.05) is 35.2 Å². The normalized spacial score (nSPS) is 18.1. The minimum absolute atomic E-state index is 0.0869. The summed E-state index contributed by atoms with van der Waals surface area (Å²) < 4.78 is 26.8. The first-order valence-electron chi connectivity index (χ1n) is 10.9. The fourth-order valence-electron chi connectivity index (χ4n) is 3.97. The molecule has 2 aromatic rings. The van der Waals surface area contributed by atoms with Crippen molar-refractivity contribution in [2.45, 2.75) is 55.1 Å². The summed E-state index contributed by atoms with van der Waals surface area (Å²) in [6.45, 7) is 3.89. The fourth-order valence-corrected chi connectivity index (χ4v) is 6.17. The van der Waals surface area contributed by atoms with E-state index in [1.54, 1.807) is 12.1 Å². The Morgan fingerprint density at radius 2 is 1.87 bits per heavy atom. The predicted molar refractivity (Wildman–Crippen MR) is 122 cm³/mol. The Balaban J connectivity index is 1.39. The number of hydrogen-bond acceptors (Lipinski definition) is 5. The Morgan fingerprint density at radius 3 is 2.48 bits per heavy atom. The largest absolute Gasteiger partial charge is 0.335 e. The van der Waals surface area contributed by atoms with Gasteiger partial charge in [-0.15, -0.1) is 0 Å². The van der Waals surface area contributed by atoms with Crippen molar-refractivity contribution in [1.82, 2.24) is 14.2 Å². The molecule has 1 amide bonds. The average Bonchev–Trinajstić information content (AvgIpc) is 3.49. The lowest BCUT2D eigenvalue weighted by molar-refractivity contribution is -0.131. The Bertz CT molecular complexity index is 986. The van der Waals surface area contributed by atoms with E-state index < -0.39 is 10.0 Å². The summed E-state index contributed by atoms with van der Waals surface area (Å²) in [5.41, 5.74) is 1.13. The smallest absolute Gasteiger partial charge is 0.244 e. The van der Waals surface area contributed by atoms with E-state index in [4.69, 9.17) is 0 Å². The molecule has 1 aliphatic carbocycles. The van der Waals surface area contributed by atoms with Crippen LogP contribution in [0.3, 0.4) is 0 Å². The van der Waals surface area contributed by atoms with Gasteiger partial charge in [0.05, 0.1) is 10.8 Å². The molecule has 2 aliphatic rings. The van der Waals surface area contributed by atoms with Crippen molar-refractivity contribution in [3.05, 3.63) is 54.2 Å². The number of carbonyl (C=O) groups is 1. The highest BCUT2D eigenvalue weighted by molar-refractivity contribution is 7.99. The third kappa shape index (κ3) is 5.48. The Labute approximate surface area is 189 Å². The molecule has 1 saturated heterocycles. The zero-order valence-corrected chi connectivity index (χ0v) is 19.4. The number of thioether (sulfide) groups is 1. The summed E-state index contributed by atoms with van der Waals surface area (Å²) in [7, 11) is -3.46. The minimum Gasteiger partial charge on any atom is -0.335 e. The highest BCUT2D eigenvalue weighted by atomic mass is 32.2. The molecule has 1 atom stereocenters. The van der Waals surface area contributed by atoms with Crippen LogP contribution < -0.4 is 0 Å². The maximum atomic E-state index is 13.1. The molecule has 6 nitrogen and oxygen atoms in total. The van der Waals surface area contributed by atoms with Crippen LogP contribution in [0.1, 0.15) is 38.2 Å². The third-order valence-electron chi connectivity index (χ3n) is 6.07. The van der Waals surface area contributed by atoms with Crippen molar-refractivity contribution in [1.29, 1.82) is 0 Å². The quantitative estimate of drug-likeness (QED) is 0.534. The molecule has 1 aromatic carbocycles. The minimum atomic E-state index is -3.46. The molecule has 166 valence electrons. The van der Waals surface area contributed by atoms with E-state index in [0.717, 1.165) is 18.4 Å². The second-order valence-electron chi connectivity index (χ2n) is 8.32. The SMILES string of the molecule is CC(C1CC1)N(Cc1ccccc1)C(=O)CSc1ccc(S(=O)(=O)N2CCCC2)cn1. The Kier molecular flexibility index (Phi) is 6.99. The lowest BCUT2D eigenvalue weighted by atomic mass is 10.1. The number of hydrogen-bond donors (Lipinski definition) is 0. The van der Waals surface area contributed by atoms with E-state index in [1.165, 1.54) is 35.1 Å². The van der Waals surface area contributed by atoms with Crippen molar-refractivity contribution in [2.24, 2.45) is 5.92 Å². The van der Waals surface area contributed by atoms with Gasteiger partial charge in [0.2, 0.25) is 15.9 Å². The highest BCUT2D eigenvalue weighted by Crippen LogP contribution is 2.36. The maximum absolute atomic E-state index is 13.1. The molecule has 4 rings (SSSR count). The summed E-state index contributed by atoms with van der Waals surface area (Å²) in [5, 5.41) is 0.660. The van der Waals surface area contributed by atoms with Gasteiger partial charge in [-0.1, -0.05) is 42.1 Å². The van der Waals surface area contributed by atoms with Crippen LogP contribution in [0.15, 0.2) is 58.6 Å². The molecule has 0 spiro atoms. The highest BCUT2D eigenvalue weighted by Gasteiger charge is 2.34. The standard InChI is InChI=1S/C23H29N3O3S2/c1-18(20-9-10-20)26(16-19-7-3-2-4-8-19)23(27)17-30-22-12-11-21(15-24-22)31(28,29)25-13-5-6-14-25/h2-4,7-8,11-12,15,18,20H,5-6,9-10,13-14,16-17H2,1H3. The van der Waals surface area contributed by atoms with Crippen molar-refractivity contribution in [3.63, 3.8) is 0 Å². The van der Waals surface area contributed by atoms with Crippen LogP contribution in [0.2, 0.25) is 0 Å². The van der Waals surface area contributed by atoms with E-state index >= 15 is 0 Å². The Hall–Kier alpha value is -1.90. The number of pyridine rings is 1. The number of aromatic nitrogens is 1. The molecule has 0 bridgehead atoms. The average molecular weight is 460 g/mol. The molecule has 1 unspecified atom stereocenters. The van der Waals surface area contributed by atoms with Gasteiger partial charge in [0.25, 0.3) is 0 Å². The van der Waals surface area contributed by atoms with E-state index in [9.17, 15) is 13.2 Å². The van der Waals surface area contributed by atoms with Crippen LogP contribution in [0, 0.1) is 5.92 Å². The predicted octanol–water partition coefficient (Wildman–Crippen LogP) is 3.79. The molecule has 31 heavy (non-hydrogen) atoms. The fraction of sp³-hybridized carbons (Fsp3) is 0.478. The molecule has 2 fully saturated rings. The lowest BCUT2D eigenvalue weighted by Gasteiger charge is -2.29. The monoisotopic (exact) mass is 459 g/mol. The first-order valence-corrected chi connectivity index (χ1v) is 13.3. The van der Waals surface area contributed by atoms with Crippen LogP contribution in [-0.2, 0) is 21.4 Å². The van der Waals surface area contributed by atoms with Crippen molar-refractivity contribution in [3.8, 4) is 0 Å². The van der Waals surface area contributed by atoms with Crippen LogP contribution in [-0.4, -0.2) is 53.4 Å². The second-order valence-corrected chi connectivity index (χ2v) is 11.3. The first kappa shape index (κ1) is 22.3. The lowest BCUT2D eigenvalue weighted by Crippen LogP contribution is -2.40. The molecular weight excluding hydrogens is 430 g/mol. The summed E-state index contributed by atoms with van der Waals surface area (Å²) in [6, 6.07) is 13.6. The van der Waals surface area contributed by atoms with Crippen LogP contribution >= 0.6 is 11.8 Å². The summed E-state index contributed by atoms with van der Waals surface area (Å²) in [5.74, 6) is 0.962. The van der Waals surface area contributed by atoms with Gasteiger partial charge < -0.3 is 4.90 Å². The van der Waals surface area contributed by atoms with Crippen molar-refractivity contribution >= 4 is 27.7 Å². The van der Waals surface area contributed by atoms with Gasteiger partial charge in [-0.25, -0.2) is 13.4 Å². The maximum Gasteiger partial charge on any atom is 0.244 e. The van der Waals surface area contributed by atoms with E-state index in [2.05, 4.69) is 11.9 Å². The molecule has 8 heteroatoms. The molecule has 1 saturated carbocycles. The van der Waals surface area contributed by atoms with E-state index in [-0.39, 0.29) is 22.6 Å². The number of rotatable bonds is 9. The number of sulfonamides is 1. The third-order valence-corrected chi connectivity index (χ3v) is 8.88. The van der Waals surface area contributed by atoms with Gasteiger partial charge in [0.15, 0.2) is 0 Å². The van der Waals surface area contributed by atoms with Crippen LogP contribution in [0.5, 0.6) is 0 Å². The summed E-state index contributed by atoms with van der Waals surface area (Å²) >= 11 is 1.36. The van der Waals surface area contributed by atoms with Gasteiger partial charge in [-0.3, -0.25) is 4.79 Å². The molecular formula is C23H29N3O3S2. The Morgan fingerprint density at radius 1 is 1.16 bits per heavy atom. The second kappa shape index (κ2) is 9.71. The van der Waals surface area contributed by atoms with Gasteiger partial charge >= 0.3 is 0 Å². The summed E-state index contributed by atoms with van der Waals surface area (Å²) in [4.78, 5) is 19.6. The van der Waals surface area contributed by atoms with Gasteiger partial charge in [-0.2, -0.15) is 4.31 Å². The number of benzene rings is 1. The summed E-state index contributed by atoms with van der Waals surface area (Å²) in [6.07, 6.45) is 5.58. The van der Waals surface area contributed by atoms with Crippen molar-refractivity contribution < 1.29 is 13.2 Å². The number of amides is 1. The van der Waals surface area contributed by atoms with Gasteiger partial charge in [0.1, 0.15) is 4.90 Å². The number of nitrogens with zero attached hydrogens (tertiary/aromatic N) is 3. The zero-order valence-electron chi connectivity index (χ0n) is 17.8. The molecule has 1 aliphatic heterocycles. The molecule has 0 radical (unpaired) electrons. The van der Waals surface area contributed by atoms with Crippen molar-refractivity contribution in [2.75, 3.05) is 18.8 Å². The molecule has 2 heterocycles. The van der Waals surface area contributed by atoms with Gasteiger partial charge in [-0.05, 0) is 56.2 Å². The zero-order chi connectivity index (χ0) is 21.8. The molecule has 1 aromatic heterocycles. The van der Waals surface area contributed by atoms with Crippen LogP contribution in [0.4, 0.5) is 0 Å². The first-order chi connectivity index (χ1) is 14.9. The topological polar surface area (TPSA) is 70.6 Å². The number of carbonyl (C=O) groups excluding carboxylic acids is 1.